The van der Waals surface area contributed by atoms with Crippen molar-refractivity contribution in [2.45, 2.75) is 12.8 Å². The maximum Gasteiger partial charge on any atom is 0.367 e. The van der Waals surface area contributed by atoms with E-state index in [1.165, 1.54) is 0 Å². The fourth-order valence-electron chi connectivity index (χ4n) is 1.13. The maximum atomic E-state index is 13.0. The lowest BCUT2D eigenvalue weighted by Crippen LogP contribution is -2.09. The van der Waals surface area contributed by atoms with E-state index >= 15 is 0 Å². The summed E-state index contributed by atoms with van der Waals surface area (Å²) in [5.74, 6) is -4.01. The molecule has 1 heterocycles. The first kappa shape index (κ1) is 12.9. The summed E-state index contributed by atoms with van der Waals surface area (Å²) < 4.78 is 37.5. The van der Waals surface area contributed by atoms with Gasteiger partial charge in [-0.05, 0) is 16.0 Å². The molecule has 9 heteroatoms. The number of alkyl halides is 2. The molecule has 0 spiro atoms. The van der Waals surface area contributed by atoms with Gasteiger partial charge in [-0.1, -0.05) is 0 Å². The highest BCUT2D eigenvalue weighted by atomic mass is 19.3. The summed E-state index contributed by atoms with van der Waals surface area (Å²) in [6, 6.07) is 0.390. The van der Waals surface area contributed by atoms with Crippen molar-refractivity contribution in [1.29, 1.82) is 0 Å². The van der Waals surface area contributed by atoms with Crippen molar-refractivity contribution in [3.8, 4) is 0 Å². The summed E-state index contributed by atoms with van der Waals surface area (Å²) in [5, 5.41) is 18.9. The van der Waals surface area contributed by atoms with Crippen molar-refractivity contribution in [3.63, 3.8) is 0 Å². The van der Waals surface area contributed by atoms with Crippen molar-refractivity contribution in [3.05, 3.63) is 33.3 Å². The quantitative estimate of drug-likeness (QED) is 0.648. The van der Waals surface area contributed by atoms with Crippen LogP contribution in [0.1, 0.15) is 17.7 Å². The van der Waals surface area contributed by atoms with E-state index in [0.717, 1.165) is 0 Å². The Morgan fingerprint density at radius 3 is 2.59 bits per heavy atom. The fraction of sp³-hybridized carbons (Fsp3) is 0.250. The van der Waals surface area contributed by atoms with Crippen LogP contribution in [0.15, 0.2) is 6.07 Å². The van der Waals surface area contributed by atoms with Crippen LogP contribution in [-0.2, 0) is 11.2 Å². The standard InChI is InChI=1S/C8H5F3N2O4/c9-4-1-3(2-5(14)15)8(13(16)17)12-6(4)7(10)11/h1,7H,2H2,(H,14,15). The molecular weight excluding hydrogens is 245 g/mol. The van der Waals surface area contributed by atoms with Gasteiger partial charge in [-0.25, -0.2) is 13.2 Å². The highest BCUT2D eigenvalue weighted by molar-refractivity contribution is 5.71. The lowest BCUT2D eigenvalue weighted by atomic mass is 10.1. The highest BCUT2D eigenvalue weighted by Gasteiger charge is 2.28. The Labute approximate surface area is 91.9 Å². The molecule has 0 saturated heterocycles. The Bertz CT molecular complexity index is 478. The van der Waals surface area contributed by atoms with Crippen LogP contribution >= 0.6 is 0 Å². The monoisotopic (exact) mass is 250 g/mol. The molecule has 6 nitrogen and oxygen atoms in total. The van der Waals surface area contributed by atoms with E-state index in [4.69, 9.17) is 5.11 Å². The number of aliphatic carboxylic acids is 1. The van der Waals surface area contributed by atoms with Crippen molar-refractivity contribution >= 4 is 11.8 Å². The average Bonchev–Trinajstić information content (AvgIpc) is 2.15. The second-order valence-corrected chi connectivity index (χ2v) is 2.97. The predicted molar refractivity (Wildman–Crippen MR) is 47.1 cm³/mol. The number of carboxylic acid groups (broad SMARTS) is 1. The number of nitro groups is 1. The fourth-order valence-corrected chi connectivity index (χ4v) is 1.13. The molecule has 0 bridgehead atoms. The number of hydrogen-bond donors (Lipinski definition) is 1. The van der Waals surface area contributed by atoms with Crippen LogP contribution in [-0.4, -0.2) is 21.0 Å². The first-order valence-electron chi connectivity index (χ1n) is 4.16. The molecule has 0 aliphatic rings. The molecule has 1 N–H and O–H groups in total. The molecule has 0 amide bonds. The number of hydrogen-bond acceptors (Lipinski definition) is 4. The van der Waals surface area contributed by atoms with Crippen LogP contribution in [0.3, 0.4) is 0 Å². The molecule has 0 atom stereocenters. The molecule has 92 valence electrons. The molecule has 0 aliphatic heterocycles. The van der Waals surface area contributed by atoms with E-state index in [-0.39, 0.29) is 0 Å². The summed E-state index contributed by atoms with van der Waals surface area (Å²) in [6.07, 6.45) is -4.18. The Kier molecular flexibility index (Phi) is 3.61. The molecule has 1 aromatic rings. The minimum Gasteiger partial charge on any atom is -0.481 e. The lowest BCUT2D eigenvalue weighted by molar-refractivity contribution is -0.390. The summed E-state index contributed by atoms with van der Waals surface area (Å²) in [5.41, 5.74) is -1.93. The van der Waals surface area contributed by atoms with Gasteiger partial charge in [-0.15, -0.1) is 0 Å². The van der Waals surface area contributed by atoms with Gasteiger partial charge >= 0.3 is 18.2 Å². The normalized spacial score (nSPS) is 10.6. The second-order valence-electron chi connectivity index (χ2n) is 2.97. The van der Waals surface area contributed by atoms with Gasteiger partial charge in [0.05, 0.1) is 12.0 Å². The molecule has 0 aliphatic carbocycles. The predicted octanol–water partition coefficient (Wildman–Crippen LogP) is 1.69. The third kappa shape index (κ3) is 2.89. The maximum absolute atomic E-state index is 13.0. The van der Waals surface area contributed by atoms with E-state index in [0.29, 0.717) is 6.07 Å². The third-order valence-corrected chi connectivity index (χ3v) is 1.78. The SMILES string of the molecule is O=C(O)Cc1cc(F)c(C(F)F)nc1[N+](=O)[O-]. The van der Waals surface area contributed by atoms with Crippen molar-refractivity contribution < 1.29 is 28.0 Å². The number of pyridine rings is 1. The van der Waals surface area contributed by atoms with Crippen LogP contribution in [0.25, 0.3) is 0 Å². The number of halogens is 3. The summed E-state index contributed by atoms with van der Waals surface area (Å²) in [4.78, 5) is 22.5. The van der Waals surface area contributed by atoms with Gasteiger partial charge in [0.15, 0.2) is 5.82 Å². The van der Waals surface area contributed by atoms with Gasteiger partial charge in [0.25, 0.3) is 5.69 Å². The minimum absolute atomic E-state index is 0.390. The van der Waals surface area contributed by atoms with Crippen LogP contribution in [0.4, 0.5) is 19.0 Å². The summed E-state index contributed by atoms with van der Waals surface area (Å²) in [6.45, 7) is 0. The zero-order valence-corrected chi connectivity index (χ0v) is 8.06. The van der Waals surface area contributed by atoms with E-state index in [1.807, 2.05) is 0 Å². The smallest absolute Gasteiger partial charge is 0.367 e. The lowest BCUT2D eigenvalue weighted by Gasteiger charge is -2.02. The number of rotatable bonds is 4. The summed E-state index contributed by atoms with van der Waals surface area (Å²) in [7, 11) is 0. The van der Waals surface area contributed by atoms with Crippen LogP contribution in [0.2, 0.25) is 0 Å². The molecule has 17 heavy (non-hydrogen) atoms. The Hall–Kier alpha value is -2.19. The number of carboxylic acids is 1. The van der Waals surface area contributed by atoms with E-state index in [2.05, 4.69) is 4.98 Å². The van der Waals surface area contributed by atoms with Gasteiger partial charge in [0, 0.05) is 0 Å². The molecular formula is C8H5F3N2O4. The first-order valence-corrected chi connectivity index (χ1v) is 4.16. The molecule has 0 fully saturated rings. The van der Waals surface area contributed by atoms with Gasteiger partial charge in [0.1, 0.15) is 0 Å². The van der Waals surface area contributed by atoms with Crippen LogP contribution in [0, 0.1) is 15.9 Å². The van der Waals surface area contributed by atoms with Crippen molar-refractivity contribution in [1.82, 2.24) is 4.98 Å². The van der Waals surface area contributed by atoms with Gasteiger partial charge in [-0.3, -0.25) is 4.79 Å². The Morgan fingerprint density at radius 1 is 1.59 bits per heavy atom. The zero-order valence-electron chi connectivity index (χ0n) is 8.06. The van der Waals surface area contributed by atoms with Gasteiger partial charge < -0.3 is 15.2 Å². The van der Waals surface area contributed by atoms with Gasteiger partial charge in [0.2, 0.25) is 0 Å². The van der Waals surface area contributed by atoms with E-state index < -0.39 is 46.6 Å². The van der Waals surface area contributed by atoms with Crippen molar-refractivity contribution in [2.24, 2.45) is 0 Å². The molecule has 0 saturated carbocycles. The second kappa shape index (κ2) is 4.76. The molecule has 0 radical (unpaired) electrons. The number of aromatic nitrogens is 1. The topological polar surface area (TPSA) is 93.3 Å². The number of carbonyl (C=O) groups is 1. The molecule has 1 aromatic heterocycles. The van der Waals surface area contributed by atoms with E-state index in [1.54, 1.807) is 0 Å². The third-order valence-electron chi connectivity index (χ3n) is 1.78. The van der Waals surface area contributed by atoms with E-state index in [9.17, 15) is 28.1 Å². The zero-order chi connectivity index (χ0) is 13.2. The number of nitrogens with zero attached hydrogens (tertiary/aromatic N) is 2. The van der Waals surface area contributed by atoms with Gasteiger partial charge in [-0.2, -0.15) is 0 Å². The highest BCUT2D eigenvalue weighted by Crippen LogP contribution is 2.26. The van der Waals surface area contributed by atoms with Crippen LogP contribution < -0.4 is 0 Å². The van der Waals surface area contributed by atoms with Crippen molar-refractivity contribution in [2.75, 3.05) is 0 Å². The first-order chi connectivity index (χ1) is 7.82. The summed E-state index contributed by atoms with van der Waals surface area (Å²) >= 11 is 0. The minimum atomic E-state index is -3.31. The van der Waals surface area contributed by atoms with Crippen LogP contribution in [0.5, 0.6) is 0 Å². The molecule has 0 aromatic carbocycles. The largest absolute Gasteiger partial charge is 0.481 e. The molecule has 0 unspecified atom stereocenters. The molecule has 1 rings (SSSR count). The Balaban J connectivity index is 3.35. The average molecular weight is 250 g/mol. The Morgan fingerprint density at radius 2 is 2.18 bits per heavy atom.